The van der Waals surface area contributed by atoms with Crippen LogP contribution in [-0.4, -0.2) is 18.0 Å². The predicted octanol–water partition coefficient (Wildman–Crippen LogP) is 2.81. The molecule has 2 N–H and O–H groups in total. The van der Waals surface area contributed by atoms with Gasteiger partial charge in [-0.2, -0.15) is 0 Å². The summed E-state index contributed by atoms with van der Waals surface area (Å²) < 4.78 is 0. The molecule has 1 heterocycles. The van der Waals surface area contributed by atoms with Gasteiger partial charge >= 0.3 is 0 Å². The van der Waals surface area contributed by atoms with Crippen molar-refractivity contribution in [3.8, 4) is 0 Å². The first kappa shape index (κ1) is 14.5. The lowest BCUT2D eigenvalue weighted by molar-refractivity contribution is -0.123. The van der Waals surface area contributed by atoms with E-state index in [2.05, 4.69) is 34.9 Å². The molecule has 3 unspecified atom stereocenters. The summed E-state index contributed by atoms with van der Waals surface area (Å²) >= 11 is 6.28. The Bertz CT molecular complexity index is 834. The van der Waals surface area contributed by atoms with Crippen LogP contribution in [0.2, 0.25) is 5.02 Å². The van der Waals surface area contributed by atoms with Crippen molar-refractivity contribution in [1.82, 2.24) is 10.6 Å². The smallest absolute Gasteiger partial charge is 0.237 e. The van der Waals surface area contributed by atoms with Gasteiger partial charge in [0, 0.05) is 23.5 Å². The highest BCUT2D eigenvalue weighted by atomic mass is 35.5. The van der Waals surface area contributed by atoms with E-state index in [0.29, 0.717) is 11.8 Å². The maximum atomic E-state index is 12.7. The van der Waals surface area contributed by atoms with Gasteiger partial charge in [-0.1, -0.05) is 48.0 Å². The molecule has 3 aliphatic rings. The fourth-order valence-corrected chi connectivity index (χ4v) is 4.75. The highest BCUT2D eigenvalue weighted by Gasteiger charge is 2.57. The first-order chi connectivity index (χ1) is 11.7. The van der Waals surface area contributed by atoms with Gasteiger partial charge in [0.1, 0.15) is 0 Å². The molecule has 0 bridgehead atoms. The minimum absolute atomic E-state index is 0.125. The van der Waals surface area contributed by atoms with E-state index in [9.17, 15) is 4.79 Å². The maximum absolute atomic E-state index is 12.7. The molecule has 4 atom stereocenters. The lowest BCUT2D eigenvalue weighted by atomic mass is 9.95. The second kappa shape index (κ2) is 5.33. The highest BCUT2D eigenvalue weighted by molar-refractivity contribution is 6.31. The Morgan fingerprint density at radius 1 is 1.08 bits per heavy atom. The Morgan fingerprint density at radius 2 is 1.92 bits per heavy atom. The first-order valence-electron chi connectivity index (χ1n) is 8.60. The first-order valence-corrected chi connectivity index (χ1v) is 8.98. The van der Waals surface area contributed by atoms with Crippen LogP contribution >= 0.6 is 11.6 Å². The third-order valence-electron chi connectivity index (χ3n) is 5.83. The van der Waals surface area contributed by atoms with Gasteiger partial charge in [0.15, 0.2) is 0 Å². The average Bonchev–Trinajstić information content (AvgIpc) is 3.11. The van der Waals surface area contributed by atoms with E-state index >= 15 is 0 Å². The lowest BCUT2D eigenvalue weighted by Gasteiger charge is -2.25. The SMILES string of the molecule is O=C(NC1C2Cc3c(Cl)cccc3C21)[C@H]1Cc2ccccc2CN1. The van der Waals surface area contributed by atoms with Crippen molar-refractivity contribution >= 4 is 17.5 Å². The van der Waals surface area contributed by atoms with Crippen molar-refractivity contribution in [3.05, 3.63) is 69.7 Å². The molecule has 3 nitrogen and oxygen atoms in total. The molecule has 5 rings (SSSR count). The number of hydrogen-bond donors (Lipinski definition) is 2. The van der Waals surface area contributed by atoms with Gasteiger partial charge in [-0.15, -0.1) is 0 Å². The molecular formula is C20H19ClN2O. The zero-order valence-corrected chi connectivity index (χ0v) is 14.0. The van der Waals surface area contributed by atoms with Gasteiger partial charge < -0.3 is 10.6 Å². The molecule has 1 fully saturated rings. The molecule has 24 heavy (non-hydrogen) atoms. The van der Waals surface area contributed by atoms with Gasteiger partial charge in [0.25, 0.3) is 0 Å². The monoisotopic (exact) mass is 338 g/mol. The van der Waals surface area contributed by atoms with Crippen LogP contribution in [0, 0.1) is 5.92 Å². The van der Waals surface area contributed by atoms with Gasteiger partial charge in [-0.3, -0.25) is 4.79 Å². The molecule has 1 aliphatic heterocycles. The Kier molecular flexibility index (Phi) is 3.22. The Hall–Kier alpha value is -1.84. The van der Waals surface area contributed by atoms with Crippen LogP contribution in [0.5, 0.6) is 0 Å². The number of hydrogen-bond acceptors (Lipinski definition) is 2. The number of amides is 1. The minimum Gasteiger partial charge on any atom is -0.351 e. The number of carbonyl (C=O) groups is 1. The quantitative estimate of drug-likeness (QED) is 0.884. The summed E-state index contributed by atoms with van der Waals surface area (Å²) in [6.07, 6.45) is 1.76. The summed E-state index contributed by atoms with van der Waals surface area (Å²) in [6, 6.07) is 14.6. The van der Waals surface area contributed by atoms with Crippen LogP contribution in [0.4, 0.5) is 0 Å². The second-order valence-electron chi connectivity index (χ2n) is 7.14. The van der Waals surface area contributed by atoms with Crippen molar-refractivity contribution in [2.45, 2.75) is 37.4 Å². The van der Waals surface area contributed by atoms with E-state index < -0.39 is 0 Å². The summed E-state index contributed by atoms with van der Waals surface area (Å²) in [5.41, 5.74) is 5.20. The third-order valence-corrected chi connectivity index (χ3v) is 6.18. The lowest BCUT2D eigenvalue weighted by Crippen LogP contribution is -2.48. The molecule has 0 radical (unpaired) electrons. The maximum Gasteiger partial charge on any atom is 0.237 e. The number of nitrogens with one attached hydrogen (secondary N) is 2. The minimum atomic E-state index is -0.125. The van der Waals surface area contributed by atoms with E-state index in [1.54, 1.807) is 0 Å². The largest absolute Gasteiger partial charge is 0.351 e. The fraction of sp³-hybridized carbons (Fsp3) is 0.350. The van der Waals surface area contributed by atoms with E-state index in [4.69, 9.17) is 11.6 Å². The van der Waals surface area contributed by atoms with E-state index in [0.717, 1.165) is 24.4 Å². The number of carbonyl (C=O) groups excluding carboxylic acids is 1. The Morgan fingerprint density at radius 3 is 2.79 bits per heavy atom. The van der Waals surface area contributed by atoms with Crippen molar-refractivity contribution in [2.75, 3.05) is 0 Å². The van der Waals surface area contributed by atoms with Crippen LogP contribution in [0.3, 0.4) is 0 Å². The molecule has 0 saturated heterocycles. The van der Waals surface area contributed by atoms with E-state index in [-0.39, 0.29) is 18.0 Å². The van der Waals surface area contributed by atoms with Crippen LogP contribution < -0.4 is 10.6 Å². The molecule has 2 aromatic rings. The average molecular weight is 339 g/mol. The standard InChI is InChI=1S/C20H19ClN2O/c21-16-7-3-6-13-14(16)9-15-18(13)19(15)23-20(24)17-8-11-4-1-2-5-12(11)10-22-17/h1-7,15,17-19,22H,8-10H2,(H,23,24)/t15?,17-,18?,19?/m1/s1. The van der Waals surface area contributed by atoms with Crippen molar-refractivity contribution in [1.29, 1.82) is 0 Å². The number of benzene rings is 2. The second-order valence-corrected chi connectivity index (χ2v) is 7.55. The number of rotatable bonds is 2. The summed E-state index contributed by atoms with van der Waals surface area (Å²) in [5, 5.41) is 7.51. The highest BCUT2D eigenvalue weighted by Crippen LogP contribution is 2.57. The zero-order chi connectivity index (χ0) is 16.3. The molecule has 2 aromatic carbocycles. The normalized spacial score (nSPS) is 29.4. The summed E-state index contributed by atoms with van der Waals surface area (Å²) in [5.74, 6) is 1.12. The molecule has 1 amide bonds. The molecule has 122 valence electrons. The van der Waals surface area contributed by atoms with Gasteiger partial charge in [-0.05, 0) is 47.1 Å². The third kappa shape index (κ3) is 2.19. The Labute approximate surface area is 146 Å². The predicted molar refractivity (Wildman–Crippen MR) is 94.1 cm³/mol. The molecule has 2 aliphatic carbocycles. The molecular weight excluding hydrogens is 320 g/mol. The van der Waals surface area contributed by atoms with Crippen LogP contribution in [0.25, 0.3) is 0 Å². The molecule has 1 saturated carbocycles. The Balaban J connectivity index is 1.27. The zero-order valence-electron chi connectivity index (χ0n) is 13.3. The topological polar surface area (TPSA) is 41.1 Å². The molecule has 4 heteroatoms. The van der Waals surface area contributed by atoms with Gasteiger partial charge in [0.2, 0.25) is 5.91 Å². The van der Waals surface area contributed by atoms with Gasteiger partial charge in [0.05, 0.1) is 6.04 Å². The van der Waals surface area contributed by atoms with Crippen LogP contribution in [-0.2, 0) is 24.2 Å². The van der Waals surface area contributed by atoms with Crippen molar-refractivity contribution in [2.24, 2.45) is 5.92 Å². The van der Waals surface area contributed by atoms with Crippen LogP contribution in [0.1, 0.15) is 28.2 Å². The number of halogens is 1. The van der Waals surface area contributed by atoms with Crippen molar-refractivity contribution in [3.63, 3.8) is 0 Å². The summed E-state index contributed by atoms with van der Waals surface area (Å²) in [6.45, 7) is 0.768. The summed E-state index contributed by atoms with van der Waals surface area (Å²) in [7, 11) is 0. The van der Waals surface area contributed by atoms with E-state index in [1.807, 2.05) is 18.2 Å². The fourth-order valence-electron chi connectivity index (χ4n) is 4.49. The van der Waals surface area contributed by atoms with Crippen LogP contribution in [0.15, 0.2) is 42.5 Å². The van der Waals surface area contributed by atoms with Crippen molar-refractivity contribution < 1.29 is 4.79 Å². The van der Waals surface area contributed by atoms with Gasteiger partial charge in [-0.25, -0.2) is 0 Å². The molecule has 0 aromatic heterocycles. The molecule has 0 spiro atoms. The number of fused-ring (bicyclic) bond motifs is 4. The summed E-state index contributed by atoms with van der Waals surface area (Å²) in [4.78, 5) is 12.7. The van der Waals surface area contributed by atoms with E-state index in [1.165, 1.54) is 22.3 Å².